The number of thiol groups is 1. The van der Waals surface area contributed by atoms with Gasteiger partial charge in [-0.2, -0.15) is 12.6 Å². The van der Waals surface area contributed by atoms with Crippen LogP contribution in [0.15, 0.2) is 0 Å². The average molecular weight is 1340 g/mol. The lowest BCUT2D eigenvalue weighted by atomic mass is 9.99. The number of unbranched alkanes of at least 4 members (excludes halogenated alkanes) is 1. The van der Waals surface area contributed by atoms with Crippen LogP contribution >= 0.6 is 12.6 Å². The van der Waals surface area contributed by atoms with Gasteiger partial charge in [0.1, 0.15) is 66.5 Å². The zero-order valence-corrected chi connectivity index (χ0v) is 55.6. The second-order valence-corrected chi connectivity index (χ2v) is 25.0. The molecule has 0 aromatic heterocycles. The van der Waals surface area contributed by atoms with E-state index in [1.54, 1.807) is 55.4 Å². The van der Waals surface area contributed by atoms with Crippen LogP contribution in [0.2, 0.25) is 0 Å². The Morgan fingerprint density at radius 2 is 0.978 bits per heavy atom. The van der Waals surface area contributed by atoms with Gasteiger partial charge in [-0.1, -0.05) is 69.2 Å². The second kappa shape index (κ2) is 40.7. The number of carbonyl (C=O) groups is 16. The second-order valence-electron chi connectivity index (χ2n) is 24.7. The van der Waals surface area contributed by atoms with Crippen molar-refractivity contribution in [3.63, 3.8) is 0 Å². The van der Waals surface area contributed by atoms with Gasteiger partial charge in [-0.3, -0.25) is 71.9 Å². The number of nitrogens with one attached hydrogen (secondary N) is 11. The summed E-state index contributed by atoms with van der Waals surface area (Å²) >= 11 is 4.13. The molecule has 1 heterocycles. The van der Waals surface area contributed by atoms with Crippen LogP contribution < -0.4 is 75.7 Å². The van der Waals surface area contributed by atoms with E-state index < -0.39 is 223 Å². The number of carboxylic acid groups (broad SMARTS) is 3. The first-order chi connectivity index (χ1) is 43.3. The van der Waals surface area contributed by atoms with E-state index in [4.69, 9.17) is 22.3 Å². The van der Waals surface area contributed by atoms with Crippen LogP contribution in [-0.4, -0.2) is 213 Å². The Bertz CT molecular complexity index is 2660. The molecule has 1 aliphatic heterocycles. The summed E-state index contributed by atoms with van der Waals surface area (Å²) in [6.07, 6.45) is -1.86. The number of hydrogen-bond donors (Lipinski definition) is 18. The van der Waals surface area contributed by atoms with Crippen molar-refractivity contribution >= 4 is 107 Å². The van der Waals surface area contributed by atoms with Crippen molar-refractivity contribution in [3.05, 3.63) is 0 Å². The van der Waals surface area contributed by atoms with Crippen LogP contribution in [0.1, 0.15) is 140 Å². The third kappa shape index (κ3) is 29.1. The SMILES string of the molecule is CC(C)C[C@H](NC(=O)[C@H](CC(N)=O)NC(=O)[C@@H](NC(=O)[C@H](CCCCN)NC(=O)[C@H](CCC(=O)O)NC(=O)[C@H](C)NC(=O)[C@@H](N)CC(=O)O)C(C)C)C(=O)N1CCC[C@H]1C(=O)N[C@H](C(=O)NCC(=O)N[C@H](C(=O)N[C@@H](CS)C(=O)N[C@H](C(=O)O)C(C)C)C(C)C)C(C)C. The summed E-state index contributed by atoms with van der Waals surface area (Å²) in [6, 6.07) is -16.9. The van der Waals surface area contributed by atoms with E-state index in [0.29, 0.717) is 12.8 Å². The zero-order chi connectivity index (χ0) is 71.3. The lowest BCUT2D eigenvalue weighted by Crippen LogP contribution is -2.61. The highest BCUT2D eigenvalue weighted by Crippen LogP contribution is 2.22. The number of amides is 13. The maximum atomic E-state index is 14.5. The molecule has 1 rings (SSSR count). The zero-order valence-electron chi connectivity index (χ0n) is 54.7. The standard InChI is InChI=1S/C58H99N15O19S/c1-26(2)21-36(57(90)73-20-14-16-38(73)53(86)71-43(27(3)4)54(87)62-24-40(75)69-44(28(5)6)55(88)68-37(25-93)52(85)72-46(30(9)10)58(91)92)67-51(84)35(23-39(61)74)66-56(89)45(29(7)8)70-50(83)33(15-12-13-19-59)65-49(82)34(17-18-41(76)77)64-47(80)31(11)63-48(81)32(60)22-42(78)79/h26-38,43-46,93H,12-25,59-60H2,1-11H3,(H2,61,74)(H,62,87)(H,63,81)(H,64,80)(H,65,82)(H,66,89)(H,67,84)(H,68,88)(H,69,75)(H,70,83)(H,71,86)(H,72,85)(H,76,77)(H,78,79)(H,91,92)/t31-,32-,33-,34-,35-,36-,37-,38-,43-,44-,45-,46-/m0/s1. The Labute approximate surface area is 545 Å². The summed E-state index contributed by atoms with van der Waals surface area (Å²) in [5.74, 6) is -18.8. The molecule has 1 saturated heterocycles. The first kappa shape index (κ1) is 82.8. The van der Waals surface area contributed by atoms with Crippen LogP contribution in [0.5, 0.6) is 0 Å². The van der Waals surface area contributed by atoms with E-state index in [0.717, 1.165) is 0 Å². The van der Waals surface area contributed by atoms with Gasteiger partial charge in [0, 0.05) is 18.7 Å². The molecular weight excluding hydrogens is 1240 g/mol. The number of nitrogens with zero attached hydrogens (tertiary/aromatic N) is 1. The fourth-order valence-corrected chi connectivity index (χ4v) is 9.76. The average Bonchev–Trinajstić information content (AvgIpc) is 1.79. The molecular formula is C58H99N15O19S. The molecule has 13 amide bonds. The Morgan fingerprint density at radius 3 is 1.48 bits per heavy atom. The van der Waals surface area contributed by atoms with E-state index in [1.807, 2.05) is 0 Å². The normalized spacial score (nSPS) is 16.5. The molecule has 526 valence electrons. The fourth-order valence-electron chi connectivity index (χ4n) is 9.51. The highest BCUT2D eigenvalue weighted by molar-refractivity contribution is 7.80. The number of primary amides is 1. The lowest BCUT2D eigenvalue weighted by molar-refractivity contribution is -0.143. The van der Waals surface area contributed by atoms with Crippen molar-refractivity contribution in [2.45, 2.75) is 213 Å². The summed E-state index contributed by atoms with van der Waals surface area (Å²) in [5.41, 5.74) is 16.8. The summed E-state index contributed by atoms with van der Waals surface area (Å²) in [5, 5.41) is 55.0. The number of rotatable bonds is 42. The summed E-state index contributed by atoms with van der Waals surface area (Å²) in [6.45, 7) is 16.8. The highest BCUT2D eigenvalue weighted by Gasteiger charge is 2.42. The molecule has 1 aliphatic rings. The minimum Gasteiger partial charge on any atom is -0.481 e. The maximum absolute atomic E-state index is 14.5. The van der Waals surface area contributed by atoms with Gasteiger partial charge in [0.25, 0.3) is 0 Å². The van der Waals surface area contributed by atoms with Crippen molar-refractivity contribution < 1.29 is 92.0 Å². The Morgan fingerprint density at radius 1 is 0.505 bits per heavy atom. The predicted octanol–water partition coefficient (Wildman–Crippen LogP) is -4.68. The molecule has 0 radical (unpaired) electrons. The quantitative estimate of drug-likeness (QED) is 0.0202. The highest BCUT2D eigenvalue weighted by atomic mass is 32.1. The monoisotopic (exact) mass is 1340 g/mol. The van der Waals surface area contributed by atoms with E-state index in [2.05, 4.69) is 71.1 Å². The smallest absolute Gasteiger partial charge is 0.326 e. The number of carboxylic acids is 3. The number of nitrogens with two attached hydrogens (primary N) is 3. The molecule has 35 heteroatoms. The van der Waals surface area contributed by atoms with Gasteiger partial charge < -0.3 is 95.9 Å². The van der Waals surface area contributed by atoms with Crippen molar-refractivity contribution in [3.8, 4) is 0 Å². The van der Waals surface area contributed by atoms with Crippen LogP contribution in [-0.2, 0) is 76.7 Å². The number of aliphatic carboxylic acids is 3. The minimum absolute atomic E-state index is 0.0244. The van der Waals surface area contributed by atoms with E-state index in [9.17, 15) is 86.9 Å². The Kier molecular flexibility index (Phi) is 36.2. The molecule has 0 bridgehead atoms. The molecule has 1 fully saturated rings. The molecule has 20 N–H and O–H groups in total. The Balaban J connectivity index is 3.36. The minimum atomic E-state index is -1.76. The number of hydrogen-bond acceptors (Lipinski definition) is 19. The lowest BCUT2D eigenvalue weighted by Gasteiger charge is -2.32. The van der Waals surface area contributed by atoms with Crippen molar-refractivity contribution in [2.75, 3.05) is 25.4 Å². The molecule has 0 aliphatic carbocycles. The van der Waals surface area contributed by atoms with Crippen molar-refractivity contribution in [2.24, 2.45) is 46.8 Å². The number of carbonyl (C=O) groups excluding carboxylic acids is 13. The van der Waals surface area contributed by atoms with E-state index in [1.165, 1.54) is 25.7 Å². The third-order valence-electron chi connectivity index (χ3n) is 14.8. The molecule has 34 nitrogen and oxygen atoms in total. The molecule has 0 aromatic rings. The van der Waals surface area contributed by atoms with Gasteiger partial charge >= 0.3 is 17.9 Å². The molecule has 0 aromatic carbocycles. The van der Waals surface area contributed by atoms with Gasteiger partial charge in [-0.05, 0) is 88.0 Å². The van der Waals surface area contributed by atoms with Crippen LogP contribution in [0.4, 0.5) is 0 Å². The summed E-state index contributed by atoms with van der Waals surface area (Å²) in [4.78, 5) is 212. The Hall–Kier alpha value is -8.21. The van der Waals surface area contributed by atoms with Gasteiger partial charge in [0.05, 0.1) is 25.4 Å². The predicted molar refractivity (Wildman–Crippen MR) is 337 cm³/mol. The van der Waals surface area contributed by atoms with Gasteiger partial charge in [-0.15, -0.1) is 0 Å². The third-order valence-corrected chi connectivity index (χ3v) is 15.1. The van der Waals surface area contributed by atoms with Crippen LogP contribution in [0.3, 0.4) is 0 Å². The summed E-state index contributed by atoms with van der Waals surface area (Å²) in [7, 11) is 0. The summed E-state index contributed by atoms with van der Waals surface area (Å²) < 4.78 is 0. The van der Waals surface area contributed by atoms with Gasteiger partial charge in [0.15, 0.2) is 0 Å². The maximum Gasteiger partial charge on any atom is 0.326 e. The van der Waals surface area contributed by atoms with Crippen LogP contribution in [0.25, 0.3) is 0 Å². The van der Waals surface area contributed by atoms with Crippen molar-refractivity contribution in [1.82, 2.24) is 63.4 Å². The van der Waals surface area contributed by atoms with E-state index in [-0.39, 0.29) is 50.4 Å². The fraction of sp³-hybridized carbons (Fsp3) is 0.724. The van der Waals surface area contributed by atoms with Crippen LogP contribution in [0, 0.1) is 29.6 Å². The molecule has 93 heavy (non-hydrogen) atoms. The molecule has 0 spiro atoms. The first-order valence-corrected chi connectivity index (χ1v) is 31.5. The largest absolute Gasteiger partial charge is 0.481 e. The van der Waals surface area contributed by atoms with Gasteiger partial charge in [0.2, 0.25) is 76.8 Å². The molecule has 0 unspecified atom stereocenters. The van der Waals surface area contributed by atoms with E-state index >= 15 is 0 Å². The first-order valence-electron chi connectivity index (χ1n) is 30.9. The van der Waals surface area contributed by atoms with Gasteiger partial charge in [-0.25, -0.2) is 4.79 Å². The van der Waals surface area contributed by atoms with Crippen molar-refractivity contribution in [1.29, 1.82) is 0 Å². The molecule has 0 saturated carbocycles. The molecule has 12 atom stereocenters. The number of likely N-dealkylation sites (tertiary alicyclic amines) is 1. The topological polar surface area (TPSA) is 547 Å².